The van der Waals surface area contributed by atoms with E-state index in [1.54, 1.807) is 0 Å². The molecule has 1 saturated carbocycles. The van der Waals surface area contributed by atoms with Gasteiger partial charge in [-0.2, -0.15) is 0 Å². The van der Waals surface area contributed by atoms with Crippen molar-refractivity contribution in [2.24, 2.45) is 0 Å². The van der Waals surface area contributed by atoms with E-state index in [1.807, 2.05) is 18.2 Å². The number of hydrogen-bond acceptors (Lipinski definition) is 2. The molecule has 0 bridgehead atoms. The highest BCUT2D eigenvalue weighted by molar-refractivity contribution is 5.83. The van der Waals surface area contributed by atoms with Gasteiger partial charge in [0, 0.05) is 6.04 Å². The first-order valence-corrected chi connectivity index (χ1v) is 7.44. The maximum Gasteiger partial charge on any atom is 0.242 e. The van der Waals surface area contributed by atoms with Gasteiger partial charge in [-0.1, -0.05) is 36.8 Å². The van der Waals surface area contributed by atoms with E-state index in [2.05, 4.69) is 22.3 Å². The number of benzene rings is 1. The highest BCUT2D eigenvalue weighted by Gasteiger charge is 2.32. The van der Waals surface area contributed by atoms with E-state index in [0.717, 1.165) is 31.5 Å². The molecule has 1 N–H and O–H groups in total. The molecule has 102 valence electrons. The van der Waals surface area contributed by atoms with Crippen LogP contribution in [0, 0.1) is 0 Å². The normalized spacial score (nSPS) is 21.9. The van der Waals surface area contributed by atoms with Crippen molar-refractivity contribution >= 4 is 5.91 Å². The summed E-state index contributed by atoms with van der Waals surface area (Å²) in [6.45, 7) is 2.08. The van der Waals surface area contributed by atoms with E-state index in [1.165, 1.54) is 19.3 Å². The number of carbonyl (C=O) groups excluding carboxylic acids is 1. The average molecular weight is 258 g/mol. The van der Waals surface area contributed by atoms with E-state index < -0.39 is 0 Å². The molecule has 1 heterocycles. The van der Waals surface area contributed by atoms with Crippen molar-refractivity contribution in [2.75, 3.05) is 13.1 Å². The standard InChI is InChI=1S/C16H22N2O/c19-16(17-14-9-10-14)15(13-7-3-1-4-8-13)18-11-5-2-6-12-18/h1,3-4,7-8,14-15H,2,5-6,9-12H2,(H,17,19)/t15-/m1/s1. The van der Waals surface area contributed by atoms with Crippen molar-refractivity contribution in [3.63, 3.8) is 0 Å². The lowest BCUT2D eigenvalue weighted by Gasteiger charge is -2.34. The zero-order valence-electron chi connectivity index (χ0n) is 11.3. The predicted molar refractivity (Wildman–Crippen MR) is 75.8 cm³/mol. The molecule has 0 spiro atoms. The zero-order chi connectivity index (χ0) is 13.1. The zero-order valence-corrected chi connectivity index (χ0v) is 11.3. The molecule has 3 rings (SSSR count). The lowest BCUT2D eigenvalue weighted by molar-refractivity contribution is -0.127. The van der Waals surface area contributed by atoms with Crippen molar-refractivity contribution in [3.05, 3.63) is 35.9 Å². The van der Waals surface area contributed by atoms with Gasteiger partial charge in [-0.3, -0.25) is 9.69 Å². The molecule has 1 atom stereocenters. The molecule has 0 unspecified atom stereocenters. The Kier molecular flexibility index (Phi) is 3.83. The van der Waals surface area contributed by atoms with Crippen LogP contribution in [0.15, 0.2) is 30.3 Å². The number of nitrogens with zero attached hydrogens (tertiary/aromatic N) is 1. The SMILES string of the molecule is O=C(NC1CC1)[C@@H](c1ccccc1)N1CCCCC1. The second-order valence-corrected chi connectivity index (χ2v) is 5.69. The molecule has 2 aliphatic rings. The number of nitrogens with one attached hydrogen (secondary N) is 1. The maximum atomic E-state index is 12.5. The number of carbonyl (C=O) groups is 1. The Morgan fingerprint density at radius 3 is 2.42 bits per heavy atom. The maximum absolute atomic E-state index is 12.5. The highest BCUT2D eigenvalue weighted by Crippen LogP contribution is 2.27. The van der Waals surface area contributed by atoms with Gasteiger partial charge in [0.1, 0.15) is 6.04 Å². The first-order chi connectivity index (χ1) is 9.34. The lowest BCUT2D eigenvalue weighted by Crippen LogP contribution is -2.43. The summed E-state index contributed by atoms with van der Waals surface area (Å²) in [6, 6.07) is 10.5. The molecule has 1 aliphatic heterocycles. The highest BCUT2D eigenvalue weighted by atomic mass is 16.2. The molecule has 2 fully saturated rings. The molecule has 1 aliphatic carbocycles. The van der Waals surface area contributed by atoms with Gasteiger partial charge in [0.2, 0.25) is 5.91 Å². The Hall–Kier alpha value is -1.35. The molecule has 3 nitrogen and oxygen atoms in total. The number of hydrogen-bond donors (Lipinski definition) is 1. The summed E-state index contributed by atoms with van der Waals surface area (Å²) >= 11 is 0. The van der Waals surface area contributed by atoms with Crippen molar-refractivity contribution in [1.82, 2.24) is 10.2 Å². The predicted octanol–water partition coefficient (Wildman–Crippen LogP) is 2.49. The third-order valence-corrected chi connectivity index (χ3v) is 4.04. The van der Waals surface area contributed by atoms with E-state index in [9.17, 15) is 4.79 Å². The van der Waals surface area contributed by atoms with Crippen molar-refractivity contribution in [1.29, 1.82) is 0 Å². The summed E-state index contributed by atoms with van der Waals surface area (Å²) in [7, 11) is 0. The Bertz CT molecular complexity index is 422. The van der Waals surface area contributed by atoms with Gasteiger partial charge in [-0.05, 0) is 44.3 Å². The molecule has 1 aromatic carbocycles. The summed E-state index contributed by atoms with van der Waals surface area (Å²) in [5.41, 5.74) is 1.13. The van der Waals surface area contributed by atoms with Crippen LogP contribution in [0.2, 0.25) is 0 Å². The van der Waals surface area contributed by atoms with Crippen LogP contribution in [0.3, 0.4) is 0 Å². The fourth-order valence-electron chi connectivity index (χ4n) is 2.85. The van der Waals surface area contributed by atoms with Crippen LogP contribution in [0.4, 0.5) is 0 Å². The summed E-state index contributed by atoms with van der Waals surface area (Å²) < 4.78 is 0. The molecule has 1 aromatic rings. The minimum atomic E-state index is -0.0953. The molecular weight excluding hydrogens is 236 g/mol. The Morgan fingerprint density at radius 2 is 1.79 bits per heavy atom. The van der Waals surface area contributed by atoms with Crippen molar-refractivity contribution in [3.8, 4) is 0 Å². The van der Waals surface area contributed by atoms with Gasteiger partial charge >= 0.3 is 0 Å². The van der Waals surface area contributed by atoms with Crippen LogP contribution >= 0.6 is 0 Å². The van der Waals surface area contributed by atoms with E-state index in [4.69, 9.17) is 0 Å². The quantitative estimate of drug-likeness (QED) is 0.900. The number of likely N-dealkylation sites (tertiary alicyclic amines) is 1. The minimum Gasteiger partial charge on any atom is -0.352 e. The van der Waals surface area contributed by atoms with Gasteiger partial charge in [0.15, 0.2) is 0 Å². The fourth-order valence-corrected chi connectivity index (χ4v) is 2.85. The number of rotatable bonds is 4. The largest absolute Gasteiger partial charge is 0.352 e. The Labute approximate surface area is 115 Å². The first-order valence-electron chi connectivity index (χ1n) is 7.44. The molecule has 1 saturated heterocycles. The molecule has 1 amide bonds. The number of amides is 1. The van der Waals surface area contributed by atoms with Crippen LogP contribution in [0.1, 0.15) is 43.7 Å². The summed E-state index contributed by atoms with van der Waals surface area (Å²) in [6.07, 6.45) is 6.00. The van der Waals surface area contributed by atoms with Gasteiger partial charge < -0.3 is 5.32 Å². The fraction of sp³-hybridized carbons (Fsp3) is 0.562. The number of piperidine rings is 1. The van der Waals surface area contributed by atoms with E-state index in [0.29, 0.717) is 6.04 Å². The van der Waals surface area contributed by atoms with E-state index >= 15 is 0 Å². The molecule has 0 radical (unpaired) electrons. The third kappa shape index (κ3) is 3.16. The summed E-state index contributed by atoms with van der Waals surface area (Å²) in [5.74, 6) is 0.190. The van der Waals surface area contributed by atoms with Crippen LogP contribution in [-0.2, 0) is 4.79 Å². The van der Waals surface area contributed by atoms with Crippen LogP contribution < -0.4 is 5.32 Å². The van der Waals surface area contributed by atoms with Crippen LogP contribution in [0.5, 0.6) is 0 Å². The van der Waals surface area contributed by atoms with Gasteiger partial charge in [-0.25, -0.2) is 0 Å². The second kappa shape index (κ2) is 5.74. The topological polar surface area (TPSA) is 32.3 Å². The molecule has 0 aromatic heterocycles. The monoisotopic (exact) mass is 258 g/mol. The smallest absolute Gasteiger partial charge is 0.242 e. The van der Waals surface area contributed by atoms with E-state index in [-0.39, 0.29) is 11.9 Å². The van der Waals surface area contributed by atoms with Crippen molar-refractivity contribution in [2.45, 2.75) is 44.2 Å². The summed E-state index contributed by atoms with van der Waals surface area (Å²) in [4.78, 5) is 14.9. The van der Waals surface area contributed by atoms with Crippen LogP contribution in [0.25, 0.3) is 0 Å². The Balaban J connectivity index is 1.79. The minimum absolute atomic E-state index is 0.0953. The van der Waals surface area contributed by atoms with Crippen LogP contribution in [-0.4, -0.2) is 29.9 Å². The third-order valence-electron chi connectivity index (χ3n) is 4.04. The van der Waals surface area contributed by atoms with Gasteiger partial charge in [0.25, 0.3) is 0 Å². The molecule has 3 heteroatoms. The average Bonchev–Trinajstić information content (AvgIpc) is 3.25. The lowest BCUT2D eigenvalue weighted by atomic mass is 10.0. The van der Waals surface area contributed by atoms with Crippen molar-refractivity contribution < 1.29 is 4.79 Å². The molecule has 19 heavy (non-hydrogen) atoms. The second-order valence-electron chi connectivity index (χ2n) is 5.69. The van der Waals surface area contributed by atoms with Gasteiger partial charge in [-0.15, -0.1) is 0 Å². The van der Waals surface area contributed by atoms with Gasteiger partial charge in [0.05, 0.1) is 0 Å². The molecular formula is C16H22N2O. The summed E-state index contributed by atoms with van der Waals surface area (Å²) in [5, 5.41) is 3.17. The first kappa shape index (κ1) is 12.7. The Morgan fingerprint density at radius 1 is 1.11 bits per heavy atom.